The Kier molecular flexibility index (Phi) is 2.11. The van der Waals surface area contributed by atoms with Crippen LogP contribution in [0.25, 0.3) is 10.8 Å². The molecule has 1 radical (unpaired) electrons. The molecule has 0 fully saturated rings. The maximum Gasteiger partial charge on any atom is 0.134 e. The third-order valence-electron chi connectivity index (χ3n) is 1.96. The van der Waals surface area contributed by atoms with Crippen molar-refractivity contribution in [2.24, 2.45) is 0 Å². The van der Waals surface area contributed by atoms with E-state index in [1.807, 2.05) is 24.3 Å². The van der Waals surface area contributed by atoms with Crippen LogP contribution in [0.3, 0.4) is 0 Å². The molecular formula is C11H8ClO. The van der Waals surface area contributed by atoms with Crippen molar-refractivity contribution < 1.29 is 4.74 Å². The highest BCUT2D eigenvalue weighted by Crippen LogP contribution is 2.30. The number of rotatable bonds is 1. The molecule has 0 bridgehead atoms. The molecule has 2 aromatic rings. The van der Waals surface area contributed by atoms with Crippen LogP contribution in [0.15, 0.2) is 30.3 Å². The normalized spacial score (nSPS) is 10.3. The first-order valence-electron chi connectivity index (χ1n) is 3.96. The van der Waals surface area contributed by atoms with Crippen LogP contribution in [0.2, 0.25) is 5.02 Å². The van der Waals surface area contributed by atoms with Gasteiger partial charge >= 0.3 is 0 Å². The summed E-state index contributed by atoms with van der Waals surface area (Å²) >= 11 is 6.00. The summed E-state index contributed by atoms with van der Waals surface area (Å²) in [5, 5.41) is 2.70. The standard InChI is InChI=1S/C11H8ClO/c1-13-11-7-6-10(12)8-4-2-3-5-9(8)11/h2-6H,1H3. The van der Waals surface area contributed by atoms with Crippen LogP contribution in [0.1, 0.15) is 0 Å². The second kappa shape index (κ2) is 3.27. The number of hydrogen-bond acceptors (Lipinski definition) is 1. The van der Waals surface area contributed by atoms with Crippen molar-refractivity contribution in [3.8, 4) is 5.75 Å². The predicted molar refractivity (Wildman–Crippen MR) is 54.3 cm³/mol. The van der Waals surface area contributed by atoms with Crippen molar-refractivity contribution >= 4 is 22.4 Å². The Morgan fingerprint density at radius 2 is 1.92 bits per heavy atom. The van der Waals surface area contributed by atoms with E-state index in [2.05, 4.69) is 6.07 Å². The highest BCUT2D eigenvalue weighted by molar-refractivity contribution is 6.35. The molecule has 0 unspecified atom stereocenters. The van der Waals surface area contributed by atoms with Crippen LogP contribution in [0.4, 0.5) is 0 Å². The Balaban J connectivity index is 2.84. The summed E-state index contributed by atoms with van der Waals surface area (Å²) in [7, 11) is 1.63. The van der Waals surface area contributed by atoms with Crippen LogP contribution in [-0.4, -0.2) is 7.11 Å². The smallest absolute Gasteiger partial charge is 0.134 e. The monoisotopic (exact) mass is 191 g/mol. The Labute approximate surface area is 81.9 Å². The molecule has 0 aliphatic carbocycles. The largest absolute Gasteiger partial charge is 0.495 e. The molecule has 65 valence electrons. The Hall–Kier alpha value is -1.21. The van der Waals surface area contributed by atoms with E-state index >= 15 is 0 Å². The van der Waals surface area contributed by atoms with E-state index in [1.54, 1.807) is 13.2 Å². The lowest BCUT2D eigenvalue weighted by molar-refractivity contribution is 0.419. The number of methoxy groups -OCH3 is 1. The summed E-state index contributed by atoms with van der Waals surface area (Å²) in [6.07, 6.45) is 0. The van der Waals surface area contributed by atoms with Gasteiger partial charge in [0.2, 0.25) is 0 Å². The predicted octanol–water partition coefficient (Wildman–Crippen LogP) is 3.30. The van der Waals surface area contributed by atoms with E-state index in [1.165, 1.54) is 0 Å². The van der Waals surface area contributed by atoms with Gasteiger partial charge in [-0.3, -0.25) is 0 Å². The van der Waals surface area contributed by atoms with E-state index in [4.69, 9.17) is 16.3 Å². The second-order valence-corrected chi connectivity index (χ2v) is 3.12. The maximum absolute atomic E-state index is 6.00. The lowest BCUT2D eigenvalue weighted by Gasteiger charge is -2.05. The average Bonchev–Trinajstić information content (AvgIpc) is 2.19. The molecule has 0 N–H and O–H groups in total. The molecule has 2 rings (SSSR count). The number of halogens is 1. The van der Waals surface area contributed by atoms with Gasteiger partial charge in [0, 0.05) is 21.9 Å². The van der Waals surface area contributed by atoms with Crippen molar-refractivity contribution in [3.63, 3.8) is 0 Å². The zero-order chi connectivity index (χ0) is 9.26. The van der Waals surface area contributed by atoms with Crippen molar-refractivity contribution in [1.82, 2.24) is 0 Å². The van der Waals surface area contributed by atoms with Crippen molar-refractivity contribution in [2.45, 2.75) is 0 Å². The zero-order valence-corrected chi connectivity index (χ0v) is 7.93. The fourth-order valence-electron chi connectivity index (χ4n) is 1.34. The molecule has 13 heavy (non-hydrogen) atoms. The number of fused-ring (bicyclic) bond motifs is 1. The summed E-state index contributed by atoms with van der Waals surface area (Å²) in [6.45, 7) is 0. The first-order valence-corrected chi connectivity index (χ1v) is 4.33. The van der Waals surface area contributed by atoms with Crippen LogP contribution < -0.4 is 4.74 Å². The minimum atomic E-state index is 0.705. The van der Waals surface area contributed by atoms with Gasteiger partial charge in [-0.05, 0) is 6.07 Å². The lowest BCUT2D eigenvalue weighted by atomic mass is 10.1. The van der Waals surface area contributed by atoms with Gasteiger partial charge in [-0.15, -0.1) is 0 Å². The molecule has 0 atom stereocenters. The lowest BCUT2D eigenvalue weighted by Crippen LogP contribution is -1.85. The Morgan fingerprint density at radius 3 is 2.62 bits per heavy atom. The fraction of sp³-hybridized carbons (Fsp3) is 0.0909. The van der Waals surface area contributed by atoms with E-state index in [0.29, 0.717) is 5.02 Å². The van der Waals surface area contributed by atoms with Gasteiger partial charge in [-0.25, -0.2) is 0 Å². The summed E-state index contributed by atoms with van der Waals surface area (Å²) in [6, 6.07) is 12.5. The highest BCUT2D eigenvalue weighted by Gasteiger charge is 2.03. The third-order valence-corrected chi connectivity index (χ3v) is 2.28. The van der Waals surface area contributed by atoms with Crippen LogP contribution in [-0.2, 0) is 0 Å². The van der Waals surface area contributed by atoms with Crippen LogP contribution >= 0.6 is 11.6 Å². The molecule has 0 aromatic heterocycles. The van der Waals surface area contributed by atoms with Gasteiger partial charge < -0.3 is 4.74 Å². The van der Waals surface area contributed by atoms with Gasteiger partial charge in [0.15, 0.2) is 0 Å². The quantitative estimate of drug-likeness (QED) is 0.672. The molecule has 0 amide bonds. The first-order chi connectivity index (χ1) is 6.33. The molecule has 0 aliphatic rings. The van der Waals surface area contributed by atoms with Crippen molar-refractivity contribution in [2.75, 3.05) is 7.11 Å². The molecule has 0 saturated heterocycles. The minimum absolute atomic E-state index is 0.705. The topological polar surface area (TPSA) is 9.23 Å². The Bertz CT molecular complexity index is 437. The molecule has 2 heteroatoms. The molecule has 1 nitrogen and oxygen atoms in total. The average molecular weight is 192 g/mol. The highest BCUT2D eigenvalue weighted by atomic mass is 35.5. The van der Waals surface area contributed by atoms with Crippen molar-refractivity contribution in [3.05, 3.63) is 41.4 Å². The van der Waals surface area contributed by atoms with Gasteiger partial charge in [-0.1, -0.05) is 35.9 Å². The first kappa shape index (κ1) is 8.39. The molecule has 0 aliphatic heterocycles. The maximum atomic E-state index is 6.00. The number of benzene rings is 2. The van der Waals surface area contributed by atoms with E-state index < -0.39 is 0 Å². The van der Waals surface area contributed by atoms with Gasteiger partial charge in [0.05, 0.1) is 7.11 Å². The van der Waals surface area contributed by atoms with Crippen LogP contribution in [0.5, 0.6) is 5.75 Å². The van der Waals surface area contributed by atoms with E-state index in [-0.39, 0.29) is 0 Å². The van der Waals surface area contributed by atoms with Crippen LogP contribution in [0, 0.1) is 6.07 Å². The molecular weight excluding hydrogens is 184 g/mol. The van der Waals surface area contributed by atoms with Crippen molar-refractivity contribution in [1.29, 1.82) is 0 Å². The number of ether oxygens (including phenoxy) is 1. The number of hydrogen-bond donors (Lipinski definition) is 0. The zero-order valence-electron chi connectivity index (χ0n) is 7.17. The summed E-state index contributed by atoms with van der Waals surface area (Å²) in [5.41, 5.74) is 0. The SMILES string of the molecule is COc1[c]cc(Cl)c2ccccc12. The molecule has 0 spiro atoms. The Morgan fingerprint density at radius 1 is 1.23 bits per heavy atom. The fourth-order valence-corrected chi connectivity index (χ4v) is 1.56. The van der Waals surface area contributed by atoms with Gasteiger partial charge in [0.1, 0.15) is 5.75 Å². The third kappa shape index (κ3) is 1.36. The summed E-state index contributed by atoms with van der Waals surface area (Å²) in [4.78, 5) is 0. The second-order valence-electron chi connectivity index (χ2n) is 2.72. The van der Waals surface area contributed by atoms with Gasteiger partial charge in [0.25, 0.3) is 0 Å². The molecule has 0 saturated carbocycles. The molecule has 2 aromatic carbocycles. The summed E-state index contributed by atoms with van der Waals surface area (Å²) in [5.74, 6) is 0.736. The van der Waals surface area contributed by atoms with Gasteiger partial charge in [-0.2, -0.15) is 0 Å². The van der Waals surface area contributed by atoms with E-state index in [0.717, 1.165) is 16.5 Å². The molecule has 0 heterocycles. The summed E-state index contributed by atoms with van der Waals surface area (Å²) < 4.78 is 5.17. The minimum Gasteiger partial charge on any atom is -0.495 e. The van der Waals surface area contributed by atoms with E-state index in [9.17, 15) is 0 Å².